The lowest BCUT2D eigenvalue weighted by Crippen LogP contribution is -2.47. The molecule has 1 saturated heterocycles. The van der Waals surface area contributed by atoms with Gasteiger partial charge in [-0.05, 0) is 25.3 Å². The molecule has 120 valence electrons. The van der Waals surface area contributed by atoms with Crippen LogP contribution in [0.15, 0.2) is 23.7 Å². The largest absolute Gasteiger partial charge is 0.373 e. The van der Waals surface area contributed by atoms with E-state index in [-0.39, 0.29) is 0 Å². The standard InChI is InChI=1S/C16H24N4OS/c1-12-10-20(11-13(2)21-12)6-5-17-8-14-9-18-19-16(14)15-4-3-7-22-15/h3-4,7,9,12-13,17H,5-6,8,10-11H2,1-2H3,(H,18,19)/t12-,13-/m1/s1. The van der Waals surface area contributed by atoms with Crippen molar-refractivity contribution in [2.75, 3.05) is 26.2 Å². The number of aromatic amines is 1. The van der Waals surface area contributed by atoms with Gasteiger partial charge in [-0.2, -0.15) is 5.10 Å². The zero-order valence-electron chi connectivity index (χ0n) is 13.2. The van der Waals surface area contributed by atoms with Crippen LogP contribution < -0.4 is 5.32 Å². The lowest BCUT2D eigenvalue weighted by Gasteiger charge is -2.35. The number of hydrogen-bond acceptors (Lipinski definition) is 5. The molecule has 6 heteroatoms. The lowest BCUT2D eigenvalue weighted by atomic mass is 10.2. The summed E-state index contributed by atoms with van der Waals surface area (Å²) in [4.78, 5) is 3.71. The van der Waals surface area contributed by atoms with Crippen LogP contribution in [0.5, 0.6) is 0 Å². The first kappa shape index (κ1) is 15.7. The molecule has 3 heterocycles. The van der Waals surface area contributed by atoms with Gasteiger partial charge in [0.1, 0.15) is 0 Å². The summed E-state index contributed by atoms with van der Waals surface area (Å²) in [6.07, 6.45) is 2.59. The number of aromatic nitrogens is 2. The van der Waals surface area contributed by atoms with Gasteiger partial charge < -0.3 is 10.1 Å². The Morgan fingerprint density at radius 3 is 2.95 bits per heavy atom. The minimum atomic E-state index is 0.336. The molecule has 3 rings (SSSR count). The number of H-pyrrole nitrogens is 1. The first-order valence-electron chi connectivity index (χ1n) is 7.87. The monoisotopic (exact) mass is 320 g/mol. The van der Waals surface area contributed by atoms with Crippen molar-refractivity contribution in [3.05, 3.63) is 29.3 Å². The van der Waals surface area contributed by atoms with Crippen molar-refractivity contribution in [3.8, 4) is 10.6 Å². The summed E-state index contributed by atoms with van der Waals surface area (Å²) in [7, 11) is 0. The molecule has 2 aromatic rings. The van der Waals surface area contributed by atoms with Crippen LogP contribution in [-0.2, 0) is 11.3 Å². The average molecular weight is 320 g/mol. The molecule has 0 bridgehead atoms. The quantitative estimate of drug-likeness (QED) is 0.802. The Morgan fingerprint density at radius 2 is 2.23 bits per heavy atom. The first-order chi connectivity index (χ1) is 10.7. The molecule has 2 aromatic heterocycles. The molecule has 5 nitrogen and oxygen atoms in total. The molecular formula is C16H24N4OS. The molecule has 0 aromatic carbocycles. The topological polar surface area (TPSA) is 53.2 Å². The van der Waals surface area contributed by atoms with E-state index in [2.05, 4.69) is 51.8 Å². The molecule has 0 unspecified atom stereocenters. The van der Waals surface area contributed by atoms with E-state index < -0.39 is 0 Å². The molecule has 1 aliphatic rings. The third-order valence-electron chi connectivity index (χ3n) is 3.90. The minimum absolute atomic E-state index is 0.336. The van der Waals surface area contributed by atoms with Crippen LogP contribution >= 0.6 is 11.3 Å². The van der Waals surface area contributed by atoms with Gasteiger partial charge in [0, 0.05) is 38.3 Å². The van der Waals surface area contributed by atoms with Crippen molar-refractivity contribution in [3.63, 3.8) is 0 Å². The molecular weight excluding hydrogens is 296 g/mol. The minimum Gasteiger partial charge on any atom is -0.373 e. The van der Waals surface area contributed by atoms with E-state index in [1.54, 1.807) is 11.3 Å². The molecule has 0 saturated carbocycles. The molecule has 0 radical (unpaired) electrons. The van der Waals surface area contributed by atoms with Gasteiger partial charge >= 0.3 is 0 Å². The van der Waals surface area contributed by atoms with Gasteiger partial charge in [0.25, 0.3) is 0 Å². The summed E-state index contributed by atoms with van der Waals surface area (Å²) in [5.41, 5.74) is 2.36. The predicted octanol–water partition coefficient (Wildman–Crippen LogP) is 2.34. The van der Waals surface area contributed by atoms with Gasteiger partial charge in [-0.25, -0.2) is 0 Å². The SMILES string of the molecule is C[C@@H]1CN(CCNCc2cn[nH]c2-c2cccs2)C[C@@H](C)O1. The summed E-state index contributed by atoms with van der Waals surface area (Å²) in [5, 5.41) is 12.9. The Morgan fingerprint density at radius 1 is 1.41 bits per heavy atom. The number of rotatable bonds is 6. The summed E-state index contributed by atoms with van der Waals surface area (Å²) >= 11 is 1.74. The summed E-state index contributed by atoms with van der Waals surface area (Å²) in [6.45, 7) is 9.23. The smallest absolute Gasteiger partial charge is 0.0794 e. The Balaban J connectivity index is 1.45. The van der Waals surface area contributed by atoms with Crippen LogP contribution in [0.1, 0.15) is 19.4 Å². The van der Waals surface area contributed by atoms with E-state index >= 15 is 0 Å². The van der Waals surface area contributed by atoms with Gasteiger partial charge in [-0.1, -0.05) is 6.07 Å². The fourth-order valence-electron chi connectivity index (χ4n) is 3.01. The number of morpholine rings is 1. The van der Waals surface area contributed by atoms with E-state index in [0.29, 0.717) is 12.2 Å². The Hall–Kier alpha value is -1.21. The highest BCUT2D eigenvalue weighted by atomic mass is 32.1. The number of nitrogens with one attached hydrogen (secondary N) is 2. The maximum absolute atomic E-state index is 5.77. The van der Waals surface area contributed by atoms with Gasteiger partial charge in [-0.15, -0.1) is 11.3 Å². The zero-order chi connectivity index (χ0) is 15.4. The molecule has 1 aliphatic heterocycles. The second-order valence-electron chi connectivity index (χ2n) is 5.94. The van der Waals surface area contributed by atoms with Crippen molar-refractivity contribution >= 4 is 11.3 Å². The van der Waals surface area contributed by atoms with E-state index in [1.165, 1.54) is 10.4 Å². The van der Waals surface area contributed by atoms with Crippen LogP contribution in [0.2, 0.25) is 0 Å². The normalized spacial score (nSPS) is 23.0. The number of hydrogen-bond donors (Lipinski definition) is 2. The van der Waals surface area contributed by atoms with Gasteiger partial charge in [0.2, 0.25) is 0 Å². The first-order valence-corrected chi connectivity index (χ1v) is 8.75. The van der Waals surface area contributed by atoms with Crippen molar-refractivity contribution in [1.29, 1.82) is 0 Å². The fraction of sp³-hybridized carbons (Fsp3) is 0.562. The van der Waals surface area contributed by atoms with E-state index in [1.807, 2.05) is 6.20 Å². The maximum atomic E-state index is 5.77. The van der Waals surface area contributed by atoms with Crippen molar-refractivity contribution in [2.45, 2.75) is 32.6 Å². The molecule has 0 amide bonds. The van der Waals surface area contributed by atoms with E-state index in [0.717, 1.165) is 38.4 Å². The number of thiophene rings is 1. The van der Waals surface area contributed by atoms with Crippen LogP contribution in [0.4, 0.5) is 0 Å². The van der Waals surface area contributed by atoms with Gasteiger partial charge in [-0.3, -0.25) is 10.00 Å². The molecule has 0 aliphatic carbocycles. The Bertz CT molecular complexity index is 558. The van der Waals surface area contributed by atoms with Crippen molar-refractivity contribution < 1.29 is 4.74 Å². The van der Waals surface area contributed by atoms with E-state index in [4.69, 9.17) is 4.74 Å². The highest BCUT2D eigenvalue weighted by Gasteiger charge is 2.21. The number of nitrogens with zero attached hydrogens (tertiary/aromatic N) is 2. The molecule has 1 fully saturated rings. The Labute approximate surface area is 135 Å². The van der Waals surface area contributed by atoms with Crippen LogP contribution in [-0.4, -0.2) is 53.5 Å². The van der Waals surface area contributed by atoms with Crippen LogP contribution in [0.3, 0.4) is 0 Å². The van der Waals surface area contributed by atoms with E-state index in [9.17, 15) is 0 Å². The summed E-state index contributed by atoms with van der Waals surface area (Å²) in [6, 6.07) is 4.19. The molecule has 2 N–H and O–H groups in total. The second-order valence-corrected chi connectivity index (χ2v) is 6.89. The lowest BCUT2D eigenvalue weighted by molar-refractivity contribution is -0.0674. The highest BCUT2D eigenvalue weighted by Crippen LogP contribution is 2.25. The summed E-state index contributed by atoms with van der Waals surface area (Å²) in [5.74, 6) is 0. The van der Waals surface area contributed by atoms with Crippen LogP contribution in [0.25, 0.3) is 10.6 Å². The zero-order valence-corrected chi connectivity index (χ0v) is 14.0. The van der Waals surface area contributed by atoms with Crippen molar-refractivity contribution in [2.24, 2.45) is 0 Å². The summed E-state index contributed by atoms with van der Waals surface area (Å²) < 4.78 is 5.77. The van der Waals surface area contributed by atoms with Gasteiger partial charge in [0.15, 0.2) is 0 Å². The molecule has 0 spiro atoms. The maximum Gasteiger partial charge on any atom is 0.0794 e. The average Bonchev–Trinajstić information content (AvgIpc) is 3.13. The number of ether oxygens (including phenoxy) is 1. The predicted molar refractivity (Wildman–Crippen MR) is 90.1 cm³/mol. The third-order valence-corrected chi connectivity index (χ3v) is 4.79. The third kappa shape index (κ3) is 3.95. The Kier molecular flexibility index (Phi) is 5.25. The second kappa shape index (κ2) is 7.37. The van der Waals surface area contributed by atoms with Crippen molar-refractivity contribution in [1.82, 2.24) is 20.4 Å². The fourth-order valence-corrected chi connectivity index (χ4v) is 3.76. The molecule has 2 atom stereocenters. The van der Waals surface area contributed by atoms with Gasteiger partial charge in [0.05, 0.1) is 29.0 Å². The highest BCUT2D eigenvalue weighted by molar-refractivity contribution is 7.13. The molecule has 22 heavy (non-hydrogen) atoms. The van der Waals surface area contributed by atoms with Crippen LogP contribution in [0, 0.1) is 0 Å².